The van der Waals surface area contributed by atoms with Gasteiger partial charge in [-0.3, -0.25) is 4.79 Å². The predicted molar refractivity (Wildman–Crippen MR) is 70.0 cm³/mol. The molecule has 0 fully saturated rings. The molecular weight excluding hydrogens is 246 g/mol. The third kappa shape index (κ3) is 2.52. The number of methoxy groups -OCH3 is 2. The number of carbonyl (C=O) groups is 1. The summed E-state index contributed by atoms with van der Waals surface area (Å²) in [6, 6.07) is 5.44. The van der Waals surface area contributed by atoms with Crippen LogP contribution in [0.4, 0.5) is 0 Å². The molecule has 2 N–H and O–H groups in total. The Bertz CT molecular complexity index is 570. The van der Waals surface area contributed by atoms with E-state index in [-0.39, 0.29) is 6.54 Å². The summed E-state index contributed by atoms with van der Waals surface area (Å²) in [7, 11) is 3.14. The van der Waals surface area contributed by atoms with Crippen LogP contribution in [-0.2, 0) is 11.3 Å². The van der Waals surface area contributed by atoms with Crippen molar-refractivity contribution in [3.05, 3.63) is 30.6 Å². The molecule has 6 heteroatoms. The molecule has 0 aliphatic heterocycles. The third-order valence-corrected chi connectivity index (χ3v) is 2.69. The number of primary amides is 1. The van der Waals surface area contributed by atoms with Crippen LogP contribution in [0.2, 0.25) is 0 Å². The third-order valence-electron chi connectivity index (χ3n) is 2.69. The molecule has 2 rings (SSSR count). The number of aromatic nitrogens is 2. The maximum atomic E-state index is 11.1. The Hall–Kier alpha value is -2.50. The van der Waals surface area contributed by atoms with E-state index in [4.69, 9.17) is 15.2 Å². The van der Waals surface area contributed by atoms with Gasteiger partial charge in [-0.25, -0.2) is 4.98 Å². The number of hydrogen-bond acceptors (Lipinski definition) is 4. The SMILES string of the molecule is COc1cccc(OC)c1-c1nccn1CC(N)=O. The maximum Gasteiger partial charge on any atom is 0.237 e. The standard InChI is InChI=1S/C13H15N3O3/c1-18-9-4-3-5-10(19-2)12(9)13-15-6-7-16(13)8-11(14)17/h3-7H,8H2,1-2H3,(H2,14,17). The Balaban J connectivity index is 2.58. The highest BCUT2D eigenvalue weighted by Crippen LogP contribution is 2.37. The Morgan fingerprint density at radius 3 is 2.47 bits per heavy atom. The van der Waals surface area contributed by atoms with Gasteiger partial charge in [0.1, 0.15) is 29.4 Å². The van der Waals surface area contributed by atoms with Gasteiger partial charge in [0.2, 0.25) is 5.91 Å². The molecule has 1 amide bonds. The van der Waals surface area contributed by atoms with Gasteiger partial charge in [-0.1, -0.05) is 6.07 Å². The summed E-state index contributed by atoms with van der Waals surface area (Å²) in [4.78, 5) is 15.3. The second-order valence-corrected chi connectivity index (χ2v) is 3.88. The van der Waals surface area contributed by atoms with Crippen molar-refractivity contribution in [1.29, 1.82) is 0 Å². The zero-order valence-corrected chi connectivity index (χ0v) is 10.8. The molecule has 0 saturated carbocycles. The molecule has 1 aromatic carbocycles. The molecule has 0 bridgehead atoms. The van der Waals surface area contributed by atoms with E-state index in [1.165, 1.54) is 0 Å². The first-order valence-corrected chi connectivity index (χ1v) is 5.68. The maximum absolute atomic E-state index is 11.1. The Kier molecular flexibility index (Phi) is 3.70. The molecule has 0 aliphatic carbocycles. The lowest BCUT2D eigenvalue weighted by Gasteiger charge is -2.13. The van der Waals surface area contributed by atoms with Gasteiger partial charge >= 0.3 is 0 Å². The van der Waals surface area contributed by atoms with Gasteiger partial charge < -0.3 is 19.8 Å². The lowest BCUT2D eigenvalue weighted by molar-refractivity contribution is -0.118. The first kappa shape index (κ1) is 12.9. The lowest BCUT2D eigenvalue weighted by atomic mass is 10.1. The summed E-state index contributed by atoms with van der Waals surface area (Å²) in [6.45, 7) is 0.0521. The Morgan fingerprint density at radius 2 is 1.95 bits per heavy atom. The minimum absolute atomic E-state index is 0.0521. The normalized spacial score (nSPS) is 10.2. The smallest absolute Gasteiger partial charge is 0.237 e. The largest absolute Gasteiger partial charge is 0.496 e. The van der Waals surface area contributed by atoms with Crippen molar-refractivity contribution < 1.29 is 14.3 Å². The molecule has 0 saturated heterocycles. The van der Waals surface area contributed by atoms with Gasteiger partial charge in [0, 0.05) is 12.4 Å². The van der Waals surface area contributed by atoms with Crippen molar-refractivity contribution >= 4 is 5.91 Å². The molecule has 1 heterocycles. The number of carbonyl (C=O) groups excluding carboxylic acids is 1. The average Bonchev–Trinajstić information content (AvgIpc) is 2.84. The van der Waals surface area contributed by atoms with Crippen LogP contribution in [0.15, 0.2) is 30.6 Å². The number of hydrogen-bond donors (Lipinski definition) is 1. The molecule has 6 nitrogen and oxygen atoms in total. The molecule has 1 aromatic heterocycles. The highest BCUT2D eigenvalue weighted by atomic mass is 16.5. The van der Waals surface area contributed by atoms with Gasteiger partial charge in [0.15, 0.2) is 0 Å². The van der Waals surface area contributed by atoms with Crippen LogP contribution in [0.25, 0.3) is 11.4 Å². The van der Waals surface area contributed by atoms with E-state index in [9.17, 15) is 4.79 Å². The van der Waals surface area contributed by atoms with Crippen LogP contribution in [0, 0.1) is 0 Å². The molecule has 0 atom stereocenters. The monoisotopic (exact) mass is 261 g/mol. The lowest BCUT2D eigenvalue weighted by Crippen LogP contribution is -2.18. The summed E-state index contributed by atoms with van der Waals surface area (Å²) >= 11 is 0. The van der Waals surface area contributed by atoms with E-state index >= 15 is 0 Å². The van der Waals surface area contributed by atoms with Gasteiger partial charge in [0.25, 0.3) is 0 Å². The van der Waals surface area contributed by atoms with Crippen molar-refractivity contribution in [3.8, 4) is 22.9 Å². The summed E-state index contributed by atoms with van der Waals surface area (Å²) in [6.07, 6.45) is 3.29. The number of nitrogens with zero attached hydrogens (tertiary/aromatic N) is 2. The van der Waals surface area contributed by atoms with E-state index < -0.39 is 5.91 Å². The zero-order valence-electron chi connectivity index (χ0n) is 10.8. The number of amides is 1. The van der Waals surface area contributed by atoms with Crippen molar-refractivity contribution in [1.82, 2.24) is 9.55 Å². The summed E-state index contributed by atoms with van der Waals surface area (Å²) in [5, 5.41) is 0. The topological polar surface area (TPSA) is 79.4 Å². The summed E-state index contributed by atoms with van der Waals surface area (Å²) in [5.41, 5.74) is 5.91. The van der Waals surface area contributed by atoms with Crippen molar-refractivity contribution in [2.75, 3.05) is 14.2 Å². The van der Waals surface area contributed by atoms with Crippen molar-refractivity contribution in [3.63, 3.8) is 0 Å². The fourth-order valence-corrected chi connectivity index (χ4v) is 1.90. The highest BCUT2D eigenvalue weighted by Gasteiger charge is 2.17. The van der Waals surface area contributed by atoms with Gasteiger partial charge in [0.05, 0.1) is 14.2 Å². The number of ether oxygens (including phenoxy) is 2. The quantitative estimate of drug-likeness (QED) is 0.872. The molecule has 2 aromatic rings. The van der Waals surface area contributed by atoms with Crippen LogP contribution in [0.5, 0.6) is 11.5 Å². The number of nitrogens with two attached hydrogens (primary N) is 1. The molecular formula is C13H15N3O3. The van der Waals surface area contributed by atoms with Gasteiger partial charge in [-0.15, -0.1) is 0 Å². The van der Waals surface area contributed by atoms with E-state index in [0.29, 0.717) is 22.9 Å². The van der Waals surface area contributed by atoms with Crippen LogP contribution in [-0.4, -0.2) is 29.7 Å². The number of rotatable bonds is 5. The number of imidazole rings is 1. The summed E-state index contributed by atoms with van der Waals surface area (Å²) in [5.74, 6) is 1.38. The van der Waals surface area contributed by atoms with E-state index in [1.54, 1.807) is 43.3 Å². The minimum atomic E-state index is -0.437. The van der Waals surface area contributed by atoms with Crippen LogP contribution in [0.3, 0.4) is 0 Å². The Labute approximate surface area is 110 Å². The fraction of sp³-hybridized carbons (Fsp3) is 0.231. The first-order chi connectivity index (χ1) is 9.17. The zero-order chi connectivity index (χ0) is 13.8. The molecule has 19 heavy (non-hydrogen) atoms. The van der Waals surface area contributed by atoms with Crippen molar-refractivity contribution in [2.45, 2.75) is 6.54 Å². The second-order valence-electron chi connectivity index (χ2n) is 3.88. The predicted octanol–water partition coefficient (Wildman–Crippen LogP) is 1.05. The van der Waals surface area contributed by atoms with E-state index in [2.05, 4.69) is 4.98 Å². The van der Waals surface area contributed by atoms with Crippen LogP contribution in [0.1, 0.15) is 0 Å². The molecule has 0 spiro atoms. The Morgan fingerprint density at radius 1 is 1.32 bits per heavy atom. The van der Waals surface area contributed by atoms with E-state index in [0.717, 1.165) is 0 Å². The van der Waals surface area contributed by atoms with Crippen LogP contribution < -0.4 is 15.2 Å². The average molecular weight is 261 g/mol. The van der Waals surface area contributed by atoms with Gasteiger partial charge in [-0.2, -0.15) is 0 Å². The molecule has 0 unspecified atom stereocenters. The minimum Gasteiger partial charge on any atom is -0.496 e. The highest BCUT2D eigenvalue weighted by molar-refractivity contribution is 5.76. The second kappa shape index (κ2) is 5.43. The molecule has 0 radical (unpaired) electrons. The summed E-state index contributed by atoms with van der Waals surface area (Å²) < 4.78 is 12.3. The van der Waals surface area contributed by atoms with Crippen LogP contribution >= 0.6 is 0 Å². The first-order valence-electron chi connectivity index (χ1n) is 5.68. The van der Waals surface area contributed by atoms with Gasteiger partial charge in [-0.05, 0) is 12.1 Å². The van der Waals surface area contributed by atoms with E-state index in [1.807, 2.05) is 6.07 Å². The van der Waals surface area contributed by atoms with Crippen molar-refractivity contribution in [2.24, 2.45) is 5.73 Å². The molecule has 0 aliphatic rings. The fourth-order valence-electron chi connectivity index (χ4n) is 1.90. The number of benzene rings is 1. The molecule has 100 valence electrons.